The molecule has 0 spiro atoms. The van der Waals surface area contributed by atoms with Crippen LogP contribution in [0.15, 0.2) is 0 Å². The fraction of sp³-hybridized carbons (Fsp3) is 1.00. The summed E-state index contributed by atoms with van der Waals surface area (Å²) in [6.07, 6.45) is 6.75. The van der Waals surface area contributed by atoms with Gasteiger partial charge < -0.3 is 10.1 Å². The van der Waals surface area contributed by atoms with Crippen molar-refractivity contribution >= 4 is 0 Å². The fourth-order valence-electron chi connectivity index (χ4n) is 2.24. The number of methoxy groups -OCH3 is 1. The molecule has 0 atom stereocenters. The van der Waals surface area contributed by atoms with E-state index in [4.69, 9.17) is 4.74 Å². The van der Waals surface area contributed by atoms with Crippen LogP contribution in [0, 0.1) is 5.41 Å². The van der Waals surface area contributed by atoms with Crippen molar-refractivity contribution in [3.05, 3.63) is 0 Å². The molecule has 2 nitrogen and oxygen atoms in total. The molecular weight excluding hydrogens is 186 g/mol. The number of ether oxygens (including phenoxy) is 1. The van der Waals surface area contributed by atoms with Crippen LogP contribution in [0.4, 0.5) is 0 Å². The molecule has 0 aromatic rings. The Bertz CT molecular complexity index is 179. The SMILES string of the molecule is COCCCC1(CNC(C)(C)C)CCC1. The van der Waals surface area contributed by atoms with Gasteiger partial charge in [0.2, 0.25) is 0 Å². The monoisotopic (exact) mass is 213 g/mol. The summed E-state index contributed by atoms with van der Waals surface area (Å²) in [4.78, 5) is 0. The largest absolute Gasteiger partial charge is 0.385 e. The van der Waals surface area contributed by atoms with Crippen LogP contribution in [0.3, 0.4) is 0 Å². The predicted octanol–water partition coefficient (Wildman–Crippen LogP) is 2.97. The number of hydrogen-bond donors (Lipinski definition) is 1. The lowest BCUT2D eigenvalue weighted by Crippen LogP contribution is -2.47. The zero-order valence-corrected chi connectivity index (χ0v) is 10.9. The second-order valence-electron chi connectivity index (χ2n) is 6.05. The molecule has 1 aliphatic rings. The van der Waals surface area contributed by atoms with E-state index in [2.05, 4.69) is 26.1 Å². The highest BCUT2D eigenvalue weighted by Crippen LogP contribution is 2.44. The number of rotatable bonds is 6. The Labute approximate surface area is 94.8 Å². The minimum atomic E-state index is 0.254. The van der Waals surface area contributed by atoms with Gasteiger partial charge in [0.15, 0.2) is 0 Å². The molecule has 1 rings (SSSR count). The van der Waals surface area contributed by atoms with Gasteiger partial charge in [-0.3, -0.25) is 0 Å². The van der Waals surface area contributed by atoms with Crippen LogP contribution in [-0.2, 0) is 4.74 Å². The minimum Gasteiger partial charge on any atom is -0.385 e. The summed E-state index contributed by atoms with van der Waals surface area (Å²) in [6, 6.07) is 0. The second kappa shape index (κ2) is 5.31. The minimum absolute atomic E-state index is 0.254. The molecule has 1 saturated carbocycles. The van der Waals surface area contributed by atoms with Crippen molar-refractivity contribution in [1.82, 2.24) is 5.32 Å². The van der Waals surface area contributed by atoms with Crippen LogP contribution < -0.4 is 5.32 Å². The molecule has 0 bridgehead atoms. The molecule has 0 radical (unpaired) electrons. The van der Waals surface area contributed by atoms with Crippen molar-refractivity contribution in [2.75, 3.05) is 20.3 Å². The maximum Gasteiger partial charge on any atom is 0.0462 e. The van der Waals surface area contributed by atoms with Crippen molar-refractivity contribution in [3.63, 3.8) is 0 Å². The topological polar surface area (TPSA) is 21.3 Å². The van der Waals surface area contributed by atoms with E-state index in [1.807, 2.05) is 0 Å². The zero-order chi connectivity index (χ0) is 11.4. The predicted molar refractivity (Wildman–Crippen MR) is 65.1 cm³/mol. The summed E-state index contributed by atoms with van der Waals surface area (Å²) in [6.45, 7) is 8.83. The van der Waals surface area contributed by atoms with E-state index in [1.165, 1.54) is 38.6 Å². The van der Waals surface area contributed by atoms with E-state index in [-0.39, 0.29) is 5.54 Å². The Kier molecular flexibility index (Phi) is 4.60. The van der Waals surface area contributed by atoms with Crippen LogP contribution in [-0.4, -0.2) is 25.8 Å². The molecule has 1 fully saturated rings. The smallest absolute Gasteiger partial charge is 0.0462 e. The summed E-state index contributed by atoms with van der Waals surface area (Å²) in [5.74, 6) is 0. The van der Waals surface area contributed by atoms with Crippen molar-refractivity contribution in [1.29, 1.82) is 0 Å². The molecule has 90 valence electrons. The zero-order valence-electron chi connectivity index (χ0n) is 10.9. The van der Waals surface area contributed by atoms with Crippen molar-refractivity contribution in [2.45, 2.75) is 58.4 Å². The molecule has 0 aliphatic heterocycles. The molecule has 0 saturated heterocycles. The first-order valence-corrected chi connectivity index (χ1v) is 6.21. The van der Waals surface area contributed by atoms with Gasteiger partial charge >= 0.3 is 0 Å². The highest BCUT2D eigenvalue weighted by atomic mass is 16.5. The van der Waals surface area contributed by atoms with E-state index in [1.54, 1.807) is 7.11 Å². The van der Waals surface area contributed by atoms with Crippen LogP contribution in [0.1, 0.15) is 52.9 Å². The van der Waals surface area contributed by atoms with Crippen molar-refractivity contribution < 1.29 is 4.74 Å². The highest BCUT2D eigenvalue weighted by Gasteiger charge is 2.36. The van der Waals surface area contributed by atoms with Gasteiger partial charge in [0.25, 0.3) is 0 Å². The first kappa shape index (κ1) is 13.0. The average Bonchev–Trinajstić information content (AvgIpc) is 2.06. The lowest BCUT2D eigenvalue weighted by molar-refractivity contribution is 0.0869. The van der Waals surface area contributed by atoms with Gasteiger partial charge in [-0.1, -0.05) is 6.42 Å². The van der Waals surface area contributed by atoms with E-state index >= 15 is 0 Å². The Morgan fingerprint density at radius 1 is 1.27 bits per heavy atom. The number of hydrogen-bond acceptors (Lipinski definition) is 2. The molecule has 0 aromatic carbocycles. The molecule has 1 N–H and O–H groups in total. The molecular formula is C13H27NO. The van der Waals surface area contributed by atoms with E-state index < -0.39 is 0 Å². The van der Waals surface area contributed by atoms with Crippen LogP contribution in [0.5, 0.6) is 0 Å². The van der Waals surface area contributed by atoms with Crippen molar-refractivity contribution in [2.24, 2.45) is 5.41 Å². The average molecular weight is 213 g/mol. The summed E-state index contributed by atoms with van der Waals surface area (Å²) in [5, 5.41) is 3.65. The molecule has 15 heavy (non-hydrogen) atoms. The quantitative estimate of drug-likeness (QED) is 0.685. The van der Waals surface area contributed by atoms with Crippen molar-refractivity contribution in [3.8, 4) is 0 Å². The van der Waals surface area contributed by atoms with Crippen LogP contribution >= 0.6 is 0 Å². The van der Waals surface area contributed by atoms with Gasteiger partial charge in [-0.25, -0.2) is 0 Å². The van der Waals surface area contributed by atoms with Gasteiger partial charge in [-0.05, 0) is 51.9 Å². The maximum absolute atomic E-state index is 5.13. The summed E-state index contributed by atoms with van der Waals surface area (Å²) >= 11 is 0. The third kappa shape index (κ3) is 4.52. The summed E-state index contributed by atoms with van der Waals surface area (Å²) in [7, 11) is 1.79. The Balaban J connectivity index is 2.27. The standard InChI is InChI=1S/C13H27NO/c1-12(2,3)14-11-13(7-5-8-13)9-6-10-15-4/h14H,5-11H2,1-4H3. The first-order chi connectivity index (χ1) is 6.97. The second-order valence-corrected chi connectivity index (χ2v) is 6.05. The summed E-state index contributed by atoms with van der Waals surface area (Å²) in [5.41, 5.74) is 0.843. The van der Waals surface area contributed by atoms with Crippen LogP contribution in [0.25, 0.3) is 0 Å². The molecule has 0 aromatic heterocycles. The molecule has 0 unspecified atom stereocenters. The van der Waals surface area contributed by atoms with E-state index in [0.29, 0.717) is 5.41 Å². The van der Waals surface area contributed by atoms with Gasteiger partial charge in [0.1, 0.15) is 0 Å². The third-order valence-electron chi connectivity index (χ3n) is 3.46. The molecule has 1 aliphatic carbocycles. The Morgan fingerprint density at radius 2 is 1.93 bits per heavy atom. The maximum atomic E-state index is 5.13. The lowest BCUT2D eigenvalue weighted by Gasteiger charge is -2.44. The third-order valence-corrected chi connectivity index (χ3v) is 3.46. The number of nitrogens with one attached hydrogen (secondary N) is 1. The van der Waals surface area contributed by atoms with E-state index in [0.717, 1.165) is 6.61 Å². The molecule has 0 heterocycles. The van der Waals surface area contributed by atoms with Gasteiger partial charge in [0.05, 0.1) is 0 Å². The van der Waals surface area contributed by atoms with Gasteiger partial charge in [-0.2, -0.15) is 0 Å². The first-order valence-electron chi connectivity index (χ1n) is 6.21. The molecule has 0 amide bonds. The Hall–Kier alpha value is -0.0800. The van der Waals surface area contributed by atoms with Gasteiger partial charge in [-0.15, -0.1) is 0 Å². The fourth-order valence-corrected chi connectivity index (χ4v) is 2.24. The lowest BCUT2D eigenvalue weighted by atomic mass is 9.66. The van der Waals surface area contributed by atoms with Crippen LogP contribution in [0.2, 0.25) is 0 Å². The highest BCUT2D eigenvalue weighted by molar-refractivity contribution is 4.91. The van der Waals surface area contributed by atoms with E-state index in [9.17, 15) is 0 Å². The van der Waals surface area contributed by atoms with Gasteiger partial charge in [0, 0.05) is 25.8 Å². The summed E-state index contributed by atoms with van der Waals surface area (Å²) < 4.78 is 5.13. The molecule has 2 heteroatoms. The Morgan fingerprint density at radius 3 is 2.33 bits per heavy atom. The normalized spacial score (nSPS) is 20.0.